The molecule has 2 N–H and O–H groups in total. The van der Waals surface area contributed by atoms with E-state index in [0.717, 1.165) is 9.90 Å². The standard InChI is InChI=1S/C13H16FN3OS2/c1-13(2,18)8-19-12-17-16-11(20-12)15-7-9-3-5-10(14)6-4-9/h3-6,18H,7-8H2,1-2H3,(H,15,16). The molecule has 4 nitrogen and oxygen atoms in total. The van der Waals surface area contributed by atoms with Crippen molar-refractivity contribution in [3.8, 4) is 0 Å². The summed E-state index contributed by atoms with van der Waals surface area (Å²) in [4.78, 5) is 0. The molecule has 0 amide bonds. The second-order valence-corrected chi connectivity index (χ2v) is 7.15. The van der Waals surface area contributed by atoms with Crippen LogP contribution in [0.3, 0.4) is 0 Å². The lowest BCUT2D eigenvalue weighted by Gasteiger charge is -2.14. The molecule has 1 aromatic heterocycles. The molecular formula is C13H16FN3OS2. The molecule has 0 atom stereocenters. The van der Waals surface area contributed by atoms with E-state index in [9.17, 15) is 9.50 Å². The van der Waals surface area contributed by atoms with Gasteiger partial charge in [-0.25, -0.2) is 4.39 Å². The van der Waals surface area contributed by atoms with E-state index in [1.807, 2.05) is 0 Å². The summed E-state index contributed by atoms with van der Waals surface area (Å²) in [6.45, 7) is 4.09. The third kappa shape index (κ3) is 5.07. The van der Waals surface area contributed by atoms with Gasteiger partial charge in [-0.05, 0) is 31.5 Å². The normalized spacial score (nSPS) is 11.6. The number of rotatable bonds is 6. The lowest BCUT2D eigenvalue weighted by atomic mass is 10.2. The molecule has 0 saturated heterocycles. The van der Waals surface area contributed by atoms with Gasteiger partial charge in [0.05, 0.1) is 5.60 Å². The molecule has 0 radical (unpaired) electrons. The van der Waals surface area contributed by atoms with Gasteiger partial charge in [0.2, 0.25) is 5.13 Å². The SMILES string of the molecule is CC(C)(O)CSc1nnc(NCc2ccc(F)cc2)s1. The number of halogens is 1. The van der Waals surface area contributed by atoms with Gasteiger partial charge in [-0.2, -0.15) is 0 Å². The van der Waals surface area contributed by atoms with Gasteiger partial charge >= 0.3 is 0 Å². The zero-order chi connectivity index (χ0) is 14.6. The van der Waals surface area contributed by atoms with Crippen LogP contribution in [-0.2, 0) is 6.54 Å². The fraction of sp³-hybridized carbons (Fsp3) is 0.385. The minimum absolute atomic E-state index is 0.241. The molecule has 108 valence electrons. The van der Waals surface area contributed by atoms with Gasteiger partial charge in [0.15, 0.2) is 4.34 Å². The van der Waals surface area contributed by atoms with Gasteiger partial charge in [0.1, 0.15) is 5.82 Å². The van der Waals surface area contributed by atoms with Crippen LogP contribution in [-0.4, -0.2) is 26.7 Å². The molecule has 1 aromatic carbocycles. The summed E-state index contributed by atoms with van der Waals surface area (Å²) in [5.74, 6) is 0.328. The molecule has 0 aliphatic heterocycles. The molecule has 1 heterocycles. The summed E-state index contributed by atoms with van der Waals surface area (Å²) >= 11 is 2.92. The predicted octanol–water partition coefficient (Wildman–Crippen LogP) is 3.15. The van der Waals surface area contributed by atoms with Crippen LogP contribution in [0.15, 0.2) is 28.6 Å². The molecule has 0 spiro atoms. The Hall–Kier alpha value is -1.18. The Morgan fingerprint density at radius 3 is 2.65 bits per heavy atom. The predicted molar refractivity (Wildman–Crippen MR) is 80.7 cm³/mol. The number of anilines is 1. The monoisotopic (exact) mass is 313 g/mol. The minimum atomic E-state index is -0.724. The molecule has 0 bridgehead atoms. The van der Waals surface area contributed by atoms with Crippen molar-refractivity contribution in [2.24, 2.45) is 0 Å². The third-order valence-corrected chi connectivity index (χ3v) is 4.77. The molecule has 20 heavy (non-hydrogen) atoms. The maximum Gasteiger partial charge on any atom is 0.206 e. The zero-order valence-electron chi connectivity index (χ0n) is 11.3. The third-order valence-electron chi connectivity index (χ3n) is 2.31. The number of benzene rings is 1. The average molecular weight is 313 g/mol. The smallest absolute Gasteiger partial charge is 0.206 e. The number of nitrogens with zero attached hydrogens (tertiary/aromatic N) is 2. The Kier molecular flexibility index (Phi) is 4.95. The van der Waals surface area contributed by atoms with Crippen LogP contribution >= 0.6 is 23.1 Å². The second-order valence-electron chi connectivity index (χ2n) is 4.95. The van der Waals surface area contributed by atoms with Crippen molar-refractivity contribution < 1.29 is 9.50 Å². The van der Waals surface area contributed by atoms with E-state index in [1.54, 1.807) is 26.0 Å². The van der Waals surface area contributed by atoms with E-state index < -0.39 is 5.60 Å². The zero-order valence-corrected chi connectivity index (χ0v) is 12.9. The Morgan fingerprint density at radius 2 is 2.00 bits per heavy atom. The van der Waals surface area contributed by atoms with Gasteiger partial charge in [-0.15, -0.1) is 10.2 Å². The van der Waals surface area contributed by atoms with Crippen LogP contribution in [0.2, 0.25) is 0 Å². The first-order valence-corrected chi connectivity index (χ1v) is 7.89. The molecule has 0 saturated carbocycles. The number of thioether (sulfide) groups is 1. The van der Waals surface area contributed by atoms with Crippen molar-refractivity contribution >= 4 is 28.2 Å². The van der Waals surface area contributed by atoms with Crippen molar-refractivity contribution in [2.45, 2.75) is 30.3 Å². The van der Waals surface area contributed by atoms with Crippen molar-refractivity contribution in [3.05, 3.63) is 35.6 Å². The summed E-state index contributed by atoms with van der Waals surface area (Å²) in [5.41, 5.74) is 0.255. The molecule has 0 unspecified atom stereocenters. The molecule has 2 aromatic rings. The largest absolute Gasteiger partial charge is 0.390 e. The van der Waals surface area contributed by atoms with E-state index in [-0.39, 0.29) is 5.82 Å². The quantitative estimate of drug-likeness (QED) is 0.802. The van der Waals surface area contributed by atoms with Crippen LogP contribution in [0.25, 0.3) is 0 Å². The molecular weight excluding hydrogens is 297 g/mol. The minimum Gasteiger partial charge on any atom is -0.390 e. The van der Waals surface area contributed by atoms with Crippen molar-refractivity contribution in [1.29, 1.82) is 0 Å². The molecule has 0 aliphatic rings. The number of aliphatic hydroxyl groups is 1. The summed E-state index contributed by atoms with van der Waals surface area (Å²) in [5, 5.41) is 21.6. The summed E-state index contributed by atoms with van der Waals surface area (Å²) in [7, 11) is 0. The fourth-order valence-electron chi connectivity index (χ4n) is 1.36. The van der Waals surface area contributed by atoms with E-state index in [2.05, 4.69) is 15.5 Å². The van der Waals surface area contributed by atoms with Gasteiger partial charge in [-0.3, -0.25) is 0 Å². The Labute approximate surface area is 125 Å². The van der Waals surface area contributed by atoms with E-state index in [0.29, 0.717) is 17.4 Å². The summed E-state index contributed by atoms with van der Waals surface area (Å²) < 4.78 is 13.6. The molecule has 0 fully saturated rings. The highest BCUT2D eigenvalue weighted by Gasteiger charge is 2.14. The van der Waals surface area contributed by atoms with E-state index >= 15 is 0 Å². The van der Waals surface area contributed by atoms with E-state index in [1.165, 1.54) is 35.2 Å². The first kappa shape index (κ1) is 15.2. The highest BCUT2D eigenvalue weighted by Crippen LogP contribution is 2.28. The fourth-order valence-corrected chi connectivity index (χ4v) is 3.06. The summed E-state index contributed by atoms with van der Waals surface area (Å²) in [6.07, 6.45) is 0. The van der Waals surface area contributed by atoms with Crippen LogP contribution < -0.4 is 5.32 Å². The number of nitrogens with one attached hydrogen (secondary N) is 1. The molecule has 2 rings (SSSR count). The number of aromatic nitrogens is 2. The highest BCUT2D eigenvalue weighted by molar-refractivity contribution is 8.01. The Balaban J connectivity index is 1.85. The second kappa shape index (κ2) is 6.51. The van der Waals surface area contributed by atoms with Gasteiger partial charge in [-0.1, -0.05) is 35.2 Å². The van der Waals surface area contributed by atoms with Crippen LogP contribution in [0.4, 0.5) is 9.52 Å². The van der Waals surface area contributed by atoms with Crippen LogP contribution in [0.1, 0.15) is 19.4 Å². The topological polar surface area (TPSA) is 58.0 Å². The van der Waals surface area contributed by atoms with Crippen LogP contribution in [0, 0.1) is 5.82 Å². The first-order chi connectivity index (χ1) is 9.42. The van der Waals surface area contributed by atoms with Gasteiger partial charge in [0.25, 0.3) is 0 Å². The molecule has 0 aliphatic carbocycles. The lowest BCUT2D eigenvalue weighted by molar-refractivity contribution is 0.107. The number of hydrogen-bond acceptors (Lipinski definition) is 6. The maximum atomic E-state index is 12.8. The first-order valence-electron chi connectivity index (χ1n) is 6.09. The van der Waals surface area contributed by atoms with Crippen LogP contribution in [0.5, 0.6) is 0 Å². The Bertz CT molecular complexity index is 551. The van der Waals surface area contributed by atoms with E-state index in [4.69, 9.17) is 0 Å². The average Bonchev–Trinajstić information content (AvgIpc) is 2.83. The summed E-state index contributed by atoms with van der Waals surface area (Å²) in [6, 6.07) is 6.32. The van der Waals surface area contributed by atoms with Gasteiger partial charge in [0, 0.05) is 12.3 Å². The number of hydrogen-bond donors (Lipinski definition) is 2. The molecule has 7 heteroatoms. The van der Waals surface area contributed by atoms with Crippen molar-refractivity contribution in [2.75, 3.05) is 11.1 Å². The maximum absolute atomic E-state index is 12.8. The van der Waals surface area contributed by atoms with Crippen molar-refractivity contribution in [1.82, 2.24) is 10.2 Å². The van der Waals surface area contributed by atoms with Gasteiger partial charge < -0.3 is 10.4 Å². The lowest BCUT2D eigenvalue weighted by Crippen LogP contribution is -2.21. The van der Waals surface area contributed by atoms with Crippen molar-refractivity contribution in [3.63, 3.8) is 0 Å². The Morgan fingerprint density at radius 1 is 1.30 bits per heavy atom. The highest BCUT2D eigenvalue weighted by atomic mass is 32.2.